The molecule has 114 valence electrons. The van der Waals surface area contributed by atoms with Crippen LogP contribution < -0.4 is 0 Å². The van der Waals surface area contributed by atoms with Gasteiger partial charge in [0.05, 0.1) is 10.5 Å². The number of esters is 1. The predicted octanol–water partition coefficient (Wildman–Crippen LogP) is 2.13. The van der Waals surface area contributed by atoms with Crippen molar-refractivity contribution < 1.29 is 14.5 Å². The molecule has 1 unspecified atom stereocenters. The molecule has 1 saturated carbocycles. The van der Waals surface area contributed by atoms with E-state index in [9.17, 15) is 14.9 Å². The van der Waals surface area contributed by atoms with E-state index < -0.39 is 10.9 Å². The molecule has 0 amide bonds. The van der Waals surface area contributed by atoms with E-state index in [2.05, 4.69) is 10.1 Å². The highest BCUT2D eigenvalue weighted by molar-refractivity contribution is 5.91. The highest BCUT2D eigenvalue weighted by Crippen LogP contribution is 2.34. The molecule has 0 spiro atoms. The van der Waals surface area contributed by atoms with E-state index in [0.29, 0.717) is 5.92 Å². The van der Waals surface area contributed by atoms with Crippen molar-refractivity contribution in [3.63, 3.8) is 0 Å². The second-order valence-electron chi connectivity index (χ2n) is 5.25. The van der Waals surface area contributed by atoms with Gasteiger partial charge in [-0.3, -0.25) is 10.1 Å². The van der Waals surface area contributed by atoms with Crippen molar-refractivity contribution in [1.82, 2.24) is 14.8 Å². The van der Waals surface area contributed by atoms with E-state index >= 15 is 0 Å². The Balaban J connectivity index is 1.88. The van der Waals surface area contributed by atoms with Crippen molar-refractivity contribution in [1.29, 1.82) is 0 Å². The van der Waals surface area contributed by atoms with Gasteiger partial charge in [-0.1, -0.05) is 0 Å². The summed E-state index contributed by atoms with van der Waals surface area (Å²) in [5, 5.41) is 15.1. The molecule has 0 N–H and O–H groups in total. The monoisotopic (exact) mass is 302 g/mol. The number of nitro benzene ring substituents is 1. The third kappa shape index (κ3) is 2.80. The molecule has 22 heavy (non-hydrogen) atoms. The number of nitrogens with zero attached hydrogens (tertiary/aromatic N) is 4. The lowest BCUT2D eigenvalue weighted by atomic mass is 10.1. The summed E-state index contributed by atoms with van der Waals surface area (Å²) in [6, 6.07) is 4.16. The van der Waals surface area contributed by atoms with Crippen LogP contribution in [-0.2, 0) is 4.74 Å². The number of hydrogen-bond acceptors (Lipinski definition) is 6. The lowest BCUT2D eigenvalue weighted by Crippen LogP contribution is -2.17. The van der Waals surface area contributed by atoms with Gasteiger partial charge in [-0.2, -0.15) is 5.10 Å². The highest BCUT2D eigenvalue weighted by atomic mass is 16.6. The SMILES string of the molecule is CC(OC(=O)c1ccc(-n2cncn2)c([N+](=O)[O-])c1)C1CC1. The summed E-state index contributed by atoms with van der Waals surface area (Å²) in [7, 11) is 0. The molecule has 2 aromatic rings. The second-order valence-corrected chi connectivity index (χ2v) is 5.25. The van der Waals surface area contributed by atoms with E-state index in [1.807, 2.05) is 6.92 Å². The maximum absolute atomic E-state index is 12.1. The first kappa shape index (κ1) is 14.2. The number of carbonyl (C=O) groups is 1. The van der Waals surface area contributed by atoms with Gasteiger partial charge < -0.3 is 4.74 Å². The fourth-order valence-electron chi connectivity index (χ4n) is 2.22. The number of hydrogen-bond donors (Lipinski definition) is 0. The van der Waals surface area contributed by atoms with Crippen LogP contribution in [0.2, 0.25) is 0 Å². The predicted molar refractivity (Wildman–Crippen MR) is 75.6 cm³/mol. The van der Waals surface area contributed by atoms with Crippen LogP contribution in [0.25, 0.3) is 5.69 Å². The molecular formula is C14H14N4O4. The first-order valence-corrected chi connectivity index (χ1v) is 6.90. The van der Waals surface area contributed by atoms with E-state index in [-0.39, 0.29) is 23.0 Å². The Kier molecular flexibility index (Phi) is 3.58. The van der Waals surface area contributed by atoms with Crippen molar-refractivity contribution in [2.45, 2.75) is 25.9 Å². The molecule has 1 aromatic heterocycles. The molecule has 1 fully saturated rings. The largest absolute Gasteiger partial charge is 0.459 e. The zero-order valence-electron chi connectivity index (χ0n) is 11.9. The average molecular weight is 302 g/mol. The van der Waals surface area contributed by atoms with E-state index in [1.165, 1.54) is 35.5 Å². The molecule has 1 heterocycles. The van der Waals surface area contributed by atoms with Crippen molar-refractivity contribution in [3.05, 3.63) is 46.5 Å². The van der Waals surface area contributed by atoms with Gasteiger partial charge in [0.1, 0.15) is 24.4 Å². The van der Waals surface area contributed by atoms with Crippen molar-refractivity contribution >= 4 is 11.7 Å². The fraction of sp³-hybridized carbons (Fsp3) is 0.357. The van der Waals surface area contributed by atoms with Crippen LogP contribution in [0.3, 0.4) is 0 Å². The molecule has 0 bridgehead atoms. The molecule has 0 aliphatic heterocycles. The Morgan fingerprint density at radius 2 is 2.27 bits per heavy atom. The Hall–Kier alpha value is -2.77. The Morgan fingerprint density at radius 3 is 2.86 bits per heavy atom. The maximum atomic E-state index is 12.1. The van der Waals surface area contributed by atoms with Crippen molar-refractivity contribution in [3.8, 4) is 5.69 Å². The lowest BCUT2D eigenvalue weighted by molar-refractivity contribution is -0.384. The molecule has 8 nitrogen and oxygen atoms in total. The normalized spacial score (nSPS) is 15.3. The summed E-state index contributed by atoms with van der Waals surface area (Å²) in [5.74, 6) is -0.138. The van der Waals surface area contributed by atoms with Gasteiger partial charge in [-0.15, -0.1) is 0 Å². The van der Waals surface area contributed by atoms with E-state index in [4.69, 9.17) is 4.74 Å². The van der Waals surface area contributed by atoms with Gasteiger partial charge in [-0.25, -0.2) is 14.5 Å². The number of aromatic nitrogens is 3. The van der Waals surface area contributed by atoms with Gasteiger partial charge in [0.25, 0.3) is 5.69 Å². The van der Waals surface area contributed by atoms with E-state index in [0.717, 1.165) is 12.8 Å². The van der Waals surface area contributed by atoms with Crippen LogP contribution in [0.5, 0.6) is 0 Å². The lowest BCUT2D eigenvalue weighted by Gasteiger charge is -2.12. The zero-order chi connectivity index (χ0) is 15.7. The van der Waals surface area contributed by atoms with Crippen molar-refractivity contribution in [2.24, 2.45) is 5.92 Å². The molecule has 1 aliphatic rings. The van der Waals surface area contributed by atoms with Crippen LogP contribution in [-0.4, -0.2) is 31.8 Å². The minimum absolute atomic E-state index is 0.156. The summed E-state index contributed by atoms with van der Waals surface area (Å²) in [4.78, 5) is 26.5. The standard InChI is InChI=1S/C14H14N4O4/c1-9(10-2-3-10)22-14(19)11-4-5-12(13(6-11)18(20)21)17-8-15-7-16-17/h4-10H,2-3H2,1H3. The van der Waals surface area contributed by atoms with Gasteiger partial charge in [0, 0.05) is 6.07 Å². The fourth-order valence-corrected chi connectivity index (χ4v) is 2.22. The van der Waals surface area contributed by atoms with Gasteiger partial charge in [0.2, 0.25) is 0 Å². The third-order valence-corrected chi connectivity index (χ3v) is 3.65. The minimum atomic E-state index is -0.557. The summed E-state index contributed by atoms with van der Waals surface area (Å²) in [5.41, 5.74) is 0.177. The van der Waals surface area contributed by atoms with Crippen LogP contribution >= 0.6 is 0 Å². The zero-order valence-corrected chi connectivity index (χ0v) is 11.9. The summed E-state index contributed by atoms with van der Waals surface area (Å²) in [6.45, 7) is 1.84. The number of nitro groups is 1. The third-order valence-electron chi connectivity index (χ3n) is 3.65. The first-order valence-electron chi connectivity index (χ1n) is 6.90. The molecule has 3 rings (SSSR count). The minimum Gasteiger partial charge on any atom is -0.459 e. The topological polar surface area (TPSA) is 100 Å². The second kappa shape index (κ2) is 5.55. The van der Waals surface area contributed by atoms with Crippen LogP contribution in [0.1, 0.15) is 30.1 Å². The van der Waals surface area contributed by atoms with E-state index in [1.54, 1.807) is 0 Å². The van der Waals surface area contributed by atoms with Gasteiger partial charge in [0.15, 0.2) is 0 Å². The number of benzene rings is 1. The van der Waals surface area contributed by atoms with Gasteiger partial charge in [-0.05, 0) is 37.8 Å². The van der Waals surface area contributed by atoms with Crippen LogP contribution in [0.4, 0.5) is 5.69 Å². The molecule has 1 aliphatic carbocycles. The molecular weight excluding hydrogens is 288 g/mol. The summed E-state index contributed by atoms with van der Waals surface area (Å²) < 4.78 is 6.61. The average Bonchev–Trinajstić information content (AvgIpc) is 3.22. The molecule has 0 saturated heterocycles. The highest BCUT2D eigenvalue weighted by Gasteiger charge is 2.31. The number of carbonyl (C=O) groups excluding carboxylic acids is 1. The molecule has 8 heteroatoms. The molecule has 1 aromatic carbocycles. The number of rotatable bonds is 5. The Morgan fingerprint density at radius 1 is 1.50 bits per heavy atom. The van der Waals surface area contributed by atoms with Gasteiger partial charge >= 0.3 is 5.97 Å². The Labute approximate surface area is 125 Å². The summed E-state index contributed by atoms with van der Waals surface area (Å²) in [6.07, 6.45) is 4.58. The smallest absolute Gasteiger partial charge is 0.338 e. The van der Waals surface area contributed by atoms with Crippen molar-refractivity contribution in [2.75, 3.05) is 0 Å². The quantitative estimate of drug-likeness (QED) is 0.476. The first-order chi connectivity index (χ1) is 10.6. The number of ether oxygens (including phenoxy) is 1. The Bertz CT molecular complexity index is 710. The van der Waals surface area contributed by atoms with Crippen LogP contribution in [0, 0.1) is 16.0 Å². The maximum Gasteiger partial charge on any atom is 0.338 e. The molecule has 1 atom stereocenters. The van der Waals surface area contributed by atoms with Crippen LogP contribution in [0.15, 0.2) is 30.9 Å². The summed E-state index contributed by atoms with van der Waals surface area (Å²) >= 11 is 0. The molecule has 0 radical (unpaired) electrons.